The average molecular weight is 413 g/mol. The normalized spacial score (nSPS) is 11.3. The summed E-state index contributed by atoms with van der Waals surface area (Å²) >= 11 is 0. The predicted molar refractivity (Wildman–Crippen MR) is 117 cm³/mol. The minimum absolute atomic E-state index is 0.229. The molecule has 3 rings (SSSR count). The molecule has 0 unspecified atom stereocenters. The van der Waals surface area contributed by atoms with E-state index in [1.807, 2.05) is 32.0 Å². The van der Waals surface area contributed by atoms with Crippen LogP contribution in [0.1, 0.15) is 61.6 Å². The maximum Gasteiger partial charge on any atom is 0.337 e. The van der Waals surface area contributed by atoms with Gasteiger partial charge in [0.25, 0.3) is 5.91 Å². The lowest BCUT2D eigenvalue weighted by atomic mass is 10.0. The molecule has 1 N–H and O–H groups in total. The summed E-state index contributed by atoms with van der Waals surface area (Å²) in [6.07, 6.45) is 2.18. The Hall–Kier alpha value is -3.98. The molecule has 1 aromatic heterocycles. The van der Waals surface area contributed by atoms with Gasteiger partial charge < -0.3 is 10.1 Å². The molecule has 0 aliphatic carbocycles. The highest BCUT2D eigenvalue weighted by Crippen LogP contribution is 2.18. The van der Waals surface area contributed by atoms with Crippen molar-refractivity contribution in [3.8, 4) is 6.07 Å². The SMILES string of the molecule is COC(=O)c1ccc([C@H](C)NC(=O)c2cc(C)cnc2Cc2cccc(C#N)c2)cc1. The van der Waals surface area contributed by atoms with Crippen molar-refractivity contribution in [3.05, 3.63) is 99.9 Å². The quantitative estimate of drug-likeness (QED) is 0.614. The molecule has 1 amide bonds. The Labute approximate surface area is 181 Å². The first kappa shape index (κ1) is 21.7. The smallest absolute Gasteiger partial charge is 0.337 e. The van der Waals surface area contributed by atoms with E-state index in [1.165, 1.54) is 7.11 Å². The molecule has 1 heterocycles. The molecule has 0 aliphatic rings. The zero-order valence-corrected chi connectivity index (χ0v) is 17.7. The molecule has 0 bridgehead atoms. The molecule has 0 fully saturated rings. The van der Waals surface area contributed by atoms with Gasteiger partial charge in [0.15, 0.2) is 0 Å². The maximum atomic E-state index is 13.1. The first-order valence-electron chi connectivity index (χ1n) is 9.85. The van der Waals surface area contributed by atoms with Crippen LogP contribution in [0.3, 0.4) is 0 Å². The second-order valence-corrected chi connectivity index (χ2v) is 7.30. The number of aryl methyl sites for hydroxylation is 1. The summed E-state index contributed by atoms with van der Waals surface area (Å²) in [6.45, 7) is 3.77. The van der Waals surface area contributed by atoms with E-state index in [4.69, 9.17) is 10.00 Å². The van der Waals surface area contributed by atoms with Gasteiger partial charge in [0, 0.05) is 12.6 Å². The van der Waals surface area contributed by atoms with Gasteiger partial charge in [-0.05, 0) is 60.9 Å². The van der Waals surface area contributed by atoms with Gasteiger partial charge in [-0.3, -0.25) is 9.78 Å². The number of carbonyl (C=O) groups excluding carboxylic acids is 2. The molecule has 31 heavy (non-hydrogen) atoms. The monoisotopic (exact) mass is 413 g/mol. The summed E-state index contributed by atoms with van der Waals surface area (Å²) in [5, 5.41) is 12.1. The maximum absolute atomic E-state index is 13.1. The number of ether oxygens (including phenoxy) is 1. The van der Waals surface area contributed by atoms with Gasteiger partial charge in [0.2, 0.25) is 0 Å². The molecule has 0 spiro atoms. The van der Waals surface area contributed by atoms with E-state index < -0.39 is 5.97 Å². The van der Waals surface area contributed by atoms with Gasteiger partial charge >= 0.3 is 5.97 Å². The molecular weight excluding hydrogens is 390 g/mol. The fourth-order valence-electron chi connectivity index (χ4n) is 3.26. The van der Waals surface area contributed by atoms with Gasteiger partial charge in [-0.2, -0.15) is 5.26 Å². The van der Waals surface area contributed by atoms with Crippen LogP contribution in [0, 0.1) is 18.3 Å². The van der Waals surface area contributed by atoms with Gasteiger partial charge in [0.05, 0.1) is 41.6 Å². The van der Waals surface area contributed by atoms with Crippen molar-refractivity contribution in [1.29, 1.82) is 5.26 Å². The Morgan fingerprint density at radius 3 is 2.58 bits per heavy atom. The van der Waals surface area contributed by atoms with Crippen molar-refractivity contribution in [2.75, 3.05) is 7.11 Å². The van der Waals surface area contributed by atoms with Gasteiger partial charge in [-0.25, -0.2) is 4.79 Å². The van der Waals surface area contributed by atoms with Crippen LogP contribution in [0.15, 0.2) is 60.8 Å². The van der Waals surface area contributed by atoms with Crippen LogP contribution in [0.4, 0.5) is 0 Å². The third kappa shape index (κ3) is 5.34. The zero-order valence-electron chi connectivity index (χ0n) is 17.7. The molecular formula is C25H23N3O3. The summed E-state index contributed by atoms with van der Waals surface area (Å²) in [4.78, 5) is 29.1. The Kier molecular flexibility index (Phi) is 6.78. The number of nitriles is 1. The Balaban J connectivity index is 1.80. The second kappa shape index (κ2) is 9.68. The number of nitrogens with zero attached hydrogens (tertiary/aromatic N) is 2. The first-order chi connectivity index (χ1) is 14.9. The fraction of sp³-hybridized carbons (Fsp3) is 0.200. The van der Waals surface area contributed by atoms with Crippen molar-refractivity contribution in [2.24, 2.45) is 0 Å². The van der Waals surface area contributed by atoms with Crippen molar-refractivity contribution >= 4 is 11.9 Å². The number of carbonyl (C=O) groups is 2. The lowest BCUT2D eigenvalue weighted by molar-refractivity contribution is 0.0600. The Morgan fingerprint density at radius 2 is 1.90 bits per heavy atom. The van der Waals surface area contributed by atoms with E-state index in [9.17, 15) is 9.59 Å². The van der Waals surface area contributed by atoms with Gasteiger partial charge in [-0.15, -0.1) is 0 Å². The van der Waals surface area contributed by atoms with Crippen LogP contribution in [0.2, 0.25) is 0 Å². The molecule has 3 aromatic rings. The van der Waals surface area contributed by atoms with Gasteiger partial charge in [-0.1, -0.05) is 24.3 Å². The molecule has 0 aliphatic heterocycles. The Morgan fingerprint density at radius 1 is 1.16 bits per heavy atom. The number of methoxy groups -OCH3 is 1. The predicted octanol–water partition coefficient (Wildman–Crippen LogP) is 4.13. The van der Waals surface area contributed by atoms with Gasteiger partial charge in [0.1, 0.15) is 0 Å². The number of hydrogen-bond donors (Lipinski definition) is 1. The zero-order chi connectivity index (χ0) is 22.4. The Bertz CT molecular complexity index is 1150. The van der Waals surface area contributed by atoms with Crippen molar-refractivity contribution in [2.45, 2.75) is 26.3 Å². The number of benzene rings is 2. The highest BCUT2D eigenvalue weighted by Gasteiger charge is 2.17. The largest absolute Gasteiger partial charge is 0.465 e. The summed E-state index contributed by atoms with van der Waals surface area (Å²) in [7, 11) is 1.34. The minimum atomic E-state index is -0.404. The minimum Gasteiger partial charge on any atom is -0.465 e. The molecule has 6 heteroatoms. The molecule has 0 saturated carbocycles. The number of nitrogens with one attached hydrogen (secondary N) is 1. The average Bonchev–Trinajstić information content (AvgIpc) is 2.79. The highest BCUT2D eigenvalue weighted by atomic mass is 16.5. The van der Waals surface area contributed by atoms with Crippen molar-refractivity contribution in [1.82, 2.24) is 10.3 Å². The molecule has 1 atom stereocenters. The van der Waals surface area contributed by atoms with Crippen molar-refractivity contribution < 1.29 is 14.3 Å². The summed E-state index contributed by atoms with van der Waals surface area (Å²) in [5.74, 6) is -0.633. The molecule has 156 valence electrons. The second-order valence-electron chi connectivity index (χ2n) is 7.30. The van der Waals surface area contributed by atoms with Crippen molar-refractivity contribution in [3.63, 3.8) is 0 Å². The lowest BCUT2D eigenvalue weighted by Crippen LogP contribution is -2.28. The highest BCUT2D eigenvalue weighted by molar-refractivity contribution is 5.95. The van der Waals surface area contributed by atoms with Crippen LogP contribution < -0.4 is 5.32 Å². The van der Waals surface area contributed by atoms with E-state index in [0.717, 1.165) is 16.7 Å². The number of rotatable bonds is 6. The van der Waals surface area contributed by atoms with Crippen LogP contribution in [-0.4, -0.2) is 24.0 Å². The molecule has 0 radical (unpaired) electrons. The van der Waals surface area contributed by atoms with Crippen LogP contribution in [-0.2, 0) is 11.2 Å². The first-order valence-corrected chi connectivity index (χ1v) is 9.85. The summed E-state index contributed by atoms with van der Waals surface area (Å²) in [6, 6.07) is 17.9. The standard InChI is InChI=1S/C25H23N3O3/c1-16-11-22(23(27-15-16)13-18-5-4-6-19(12-18)14-26)24(29)28-17(2)20-7-9-21(10-8-20)25(30)31-3/h4-12,15,17H,13H2,1-3H3,(H,28,29)/t17-/m0/s1. The lowest BCUT2D eigenvalue weighted by Gasteiger charge is -2.16. The van der Waals surface area contributed by atoms with Crippen LogP contribution in [0.5, 0.6) is 0 Å². The molecule has 2 aromatic carbocycles. The fourth-order valence-corrected chi connectivity index (χ4v) is 3.26. The van der Waals surface area contributed by atoms with E-state index in [2.05, 4.69) is 16.4 Å². The van der Waals surface area contributed by atoms with E-state index in [0.29, 0.717) is 28.8 Å². The number of esters is 1. The third-order valence-electron chi connectivity index (χ3n) is 4.96. The van der Waals surface area contributed by atoms with Crippen LogP contribution in [0.25, 0.3) is 0 Å². The van der Waals surface area contributed by atoms with E-state index >= 15 is 0 Å². The number of hydrogen-bond acceptors (Lipinski definition) is 5. The third-order valence-corrected chi connectivity index (χ3v) is 4.96. The van der Waals surface area contributed by atoms with Crippen LogP contribution >= 0.6 is 0 Å². The number of aromatic nitrogens is 1. The molecule has 6 nitrogen and oxygen atoms in total. The molecule has 0 saturated heterocycles. The summed E-state index contributed by atoms with van der Waals surface area (Å²) in [5.41, 5.74) is 4.83. The number of pyridine rings is 1. The summed E-state index contributed by atoms with van der Waals surface area (Å²) < 4.78 is 4.71. The number of amides is 1. The van der Waals surface area contributed by atoms with E-state index in [1.54, 1.807) is 42.6 Å². The topological polar surface area (TPSA) is 92.1 Å². The van der Waals surface area contributed by atoms with E-state index in [-0.39, 0.29) is 11.9 Å².